The van der Waals surface area contributed by atoms with Gasteiger partial charge in [-0.3, -0.25) is 4.79 Å². The summed E-state index contributed by atoms with van der Waals surface area (Å²) >= 11 is 0. The van der Waals surface area contributed by atoms with Crippen molar-refractivity contribution in [2.75, 3.05) is 27.2 Å². The normalized spacial score (nSPS) is 9.53. The number of aryl methyl sites for hydroxylation is 1. The SMILES string of the molecule is CC.Cc1cccc(C(=O)NCCN(C)C)c1. The van der Waals surface area contributed by atoms with Gasteiger partial charge in [-0.15, -0.1) is 0 Å². The minimum Gasteiger partial charge on any atom is -0.351 e. The molecule has 1 aromatic carbocycles. The highest BCUT2D eigenvalue weighted by Crippen LogP contribution is 2.03. The van der Waals surface area contributed by atoms with E-state index >= 15 is 0 Å². The fourth-order valence-corrected chi connectivity index (χ4v) is 1.28. The van der Waals surface area contributed by atoms with Gasteiger partial charge in [-0.25, -0.2) is 0 Å². The van der Waals surface area contributed by atoms with Crippen molar-refractivity contribution >= 4 is 5.91 Å². The van der Waals surface area contributed by atoms with Crippen LogP contribution in [0.4, 0.5) is 0 Å². The van der Waals surface area contributed by atoms with Gasteiger partial charge in [0.15, 0.2) is 0 Å². The van der Waals surface area contributed by atoms with E-state index in [-0.39, 0.29) is 5.91 Å². The second-order valence-corrected chi connectivity index (χ2v) is 3.93. The Balaban J connectivity index is 0.00000121. The Morgan fingerprint density at radius 3 is 2.47 bits per heavy atom. The van der Waals surface area contributed by atoms with Crippen LogP contribution < -0.4 is 5.32 Å². The first-order valence-electron chi connectivity index (χ1n) is 6.09. The van der Waals surface area contributed by atoms with Crippen molar-refractivity contribution in [1.82, 2.24) is 10.2 Å². The Kier molecular flexibility index (Phi) is 8.07. The van der Waals surface area contributed by atoms with E-state index in [0.29, 0.717) is 6.54 Å². The van der Waals surface area contributed by atoms with Crippen molar-refractivity contribution in [3.63, 3.8) is 0 Å². The number of hydrogen-bond donors (Lipinski definition) is 1. The molecule has 0 aromatic heterocycles. The molecule has 1 aromatic rings. The third-order valence-electron chi connectivity index (χ3n) is 2.12. The molecule has 3 heteroatoms. The molecule has 0 unspecified atom stereocenters. The van der Waals surface area contributed by atoms with Crippen LogP contribution in [0.3, 0.4) is 0 Å². The lowest BCUT2D eigenvalue weighted by atomic mass is 10.1. The summed E-state index contributed by atoms with van der Waals surface area (Å²) in [6.45, 7) is 7.52. The van der Waals surface area contributed by atoms with Crippen molar-refractivity contribution in [2.45, 2.75) is 20.8 Å². The lowest BCUT2D eigenvalue weighted by Crippen LogP contribution is -2.31. The molecule has 1 rings (SSSR count). The lowest BCUT2D eigenvalue weighted by Gasteiger charge is -2.10. The Hall–Kier alpha value is -1.35. The molecule has 96 valence electrons. The molecule has 0 radical (unpaired) electrons. The molecule has 0 spiro atoms. The second-order valence-electron chi connectivity index (χ2n) is 3.93. The van der Waals surface area contributed by atoms with Crippen LogP contribution in [-0.4, -0.2) is 38.0 Å². The van der Waals surface area contributed by atoms with E-state index in [4.69, 9.17) is 0 Å². The molecule has 0 aliphatic carbocycles. The minimum atomic E-state index is 0.000509. The maximum absolute atomic E-state index is 11.6. The summed E-state index contributed by atoms with van der Waals surface area (Å²) in [7, 11) is 3.97. The molecule has 17 heavy (non-hydrogen) atoms. The first-order valence-corrected chi connectivity index (χ1v) is 6.09. The van der Waals surface area contributed by atoms with Gasteiger partial charge in [0.05, 0.1) is 0 Å². The molecule has 0 bridgehead atoms. The van der Waals surface area contributed by atoms with Gasteiger partial charge in [-0.05, 0) is 33.2 Å². The molecule has 0 heterocycles. The highest BCUT2D eigenvalue weighted by molar-refractivity contribution is 5.94. The van der Waals surface area contributed by atoms with Crippen LogP contribution in [0.25, 0.3) is 0 Å². The Bertz CT molecular complexity index is 335. The number of carbonyl (C=O) groups is 1. The van der Waals surface area contributed by atoms with E-state index in [1.807, 2.05) is 64.0 Å². The van der Waals surface area contributed by atoms with Crippen LogP contribution in [0.1, 0.15) is 29.8 Å². The van der Waals surface area contributed by atoms with Crippen molar-refractivity contribution in [3.05, 3.63) is 35.4 Å². The van der Waals surface area contributed by atoms with E-state index in [1.54, 1.807) is 0 Å². The summed E-state index contributed by atoms with van der Waals surface area (Å²) in [4.78, 5) is 13.7. The third kappa shape index (κ3) is 6.74. The minimum absolute atomic E-state index is 0.000509. The van der Waals surface area contributed by atoms with Crippen molar-refractivity contribution < 1.29 is 4.79 Å². The monoisotopic (exact) mass is 236 g/mol. The molecule has 3 nitrogen and oxygen atoms in total. The van der Waals surface area contributed by atoms with Crippen LogP contribution in [0.15, 0.2) is 24.3 Å². The molecule has 0 fully saturated rings. The quantitative estimate of drug-likeness (QED) is 0.870. The second kappa shape index (κ2) is 8.76. The van der Waals surface area contributed by atoms with E-state index in [1.165, 1.54) is 0 Å². The van der Waals surface area contributed by atoms with Gasteiger partial charge in [-0.2, -0.15) is 0 Å². The van der Waals surface area contributed by atoms with E-state index in [9.17, 15) is 4.79 Å². The maximum Gasteiger partial charge on any atom is 0.251 e. The number of rotatable bonds is 4. The number of carbonyl (C=O) groups excluding carboxylic acids is 1. The van der Waals surface area contributed by atoms with Crippen molar-refractivity contribution in [3.8, 4) is 0 Å². The predicted octanol–water partition coefficient (Wildman–Crippen LogP) is 2.31. The molecule has 1 N–H and O–H groups in total. The van der Waals surface area contributed by atoms with Crippen LogP contribution >= 0.6 is 0 Å². The van der Waals surface area contributed by atoms with E-state index < -0.39 is 0 Å². The zero-order valence-electron chi connectivity index (χ0n) is 11.6. The van der Waals surface area contributed by atoms with Crippen molar-refractivity contribution in [1.29, 1.82) is 0 Å². The number of hydrogen-bond acceptors (Lipinski definition) is 2. The van der Waals surface area contributed by atoms with Crippen LogP contribution in [0.5, 0.6) is 0 Å². The molecule has 0 saturated heterocycles. The summed E-state index contributed by atoms with van der Waals surface area (Å²) in [6.07, 6.45) is 0. The molecule has 0 aliphatic heterocycles. The zero-order chi connectivity index (χ0) is 13.3. The van der Waals surface area contributed by atoms with Gasteiger partial charge in [0.2, 0.25) is 0 Å². The number of amides is 1. The summed E-state index contributed by atoms with van der Waals surface area (Å²) in [5.41, 5.74) is 1.84. The topological polar surface area (TPSA) is 32.3 Å². The molecule has 0 atom stereocenters. The molecular weight excluding hydrogens is 212 g/mol. The maximum atomic E-state index is 11.6. The van der Waals surface area contributed by atoms with E-state index in [2.05, 4.69) is 5.32 Å². The summed E-state index contributed by atoms with van der Waals surface area (Å²) < 4.78 is 0. The van der Waals surface area contributed by atoms with Crippen molar-refractivity contribution in [2.24, 2.45) is 0 Å². The highest BCUT2D eigenvalue weighted by atomic mass is 16.1. The Morgan fingerprint density at radius 1 is 1.29 bits per heavy atom. The third-order valence-corrected chi connectivity index (χ3v) is 2.12. The smallest absolute Gasteiger partial charge is 0.251 e. The molecule has 1 amide bonds. The van der Waals surface area contributed by atoms with Crippen LogP contribution in [0.2, 0.25) is 0 Å². The first-order chi connectivity index (χ1) is 8.09. The summed E-state index contributed by atoms with van der Waals surface area (Å²) in [5.74, 6) is 0.000509. The lowest BCUT2D eigenvalue weighted by molar-refractivity contribution is 0.0951. The van der Waals surface area contributed by atoms with Gasteiger partial charge in [0.1, 0.15) is 0 Å². The predicted molar refractivity (Wildman–Crippen MR) is 73.4 cm³/mol. The fraction of sp³-hybridized carbons (Fsp3) is 0.500. The number of benzene rings is 1. The van der Waals surface area contributed by atoms with Gasteiger partial charge in [0, 0.05) is 18.7 Å². The van der Waals surface area contributed by atoms with Gasteiger partial charge in [0.25, 0.3) is 5.91 Å². The van der Waals surface area contributed by atoms with Gasteiger partial charge >= 0.3 is 0 Å². The average molecular weight is 236 g/mol. The molecule has 0 aliphatic rings. The van der Waals surface area contributed by atoms with Crippen LogP contribution in [-0.2, 0) is 0 Å². The number of nitrogens with zero attached hydrogens (tertiary/aromatic N) is 1. The van der Waals surface area contributed by atoms with Gasteiger partial charge in [-0.1, -0.05) is 31.5 Å². The number of likely N-dealkylation sites (N-methyl/N-ethyl adjacent to an activating group) is 1. The Morgan fingerprint density at radius 2 is 1.94 bits per heavy atom. The van der Waals surface area contributed by atoms with Gasteiger partial charge < -0.3 is 10.2 Å². The van der Waals surface area contributed by atoms with Crippen LogP contribution in [0, 0.1) is 6.92 Å². The summed E-state index contributed by atoms with van der Waals surface area (Å²) in [6, 6.07) is 7.61. The molecule has 0 saturated carbocycles. The Labute approximate surface area is 105 Å². The standard InChI is InChI=1S/C12H18N2O.C2H6/c1-10-5-4-6-11(9-10)12(15)13-7-8-14(2)3;1-2/h4-6,9H,7-8H2,1-3H3,(H,13,15);1-2H3. The largest absolute Gasteiger partial charge is 0.351 e. The zero-order valence-corrected chi connectivity index (χ0v) is 11.6. The fourth-order valence-electron chi connectivity index (χ4n) is 1.28. The van der Waals surface area contributed by atoms with E-state index in [0.717, 1.165) is 17.7 Å². The first kappa shape index (κ1) is 15.7. The number of nitrogens with one attached hydrogen (secondary N) is 1. The average Bonchev–Trinajstić information content (AvgIpc) is 2.31. The highest BCUT2D eigenvalue weighted by Gasteiger charge is 2.03. The molecular formula is C14H24N2O. The summed E-state index contributed by atoms with van der Waals surface area (Å²) in [5, 5.41) is 2.88.